The second-order valence-corrected chi connectivity index (χ2v) is 4.90. The lowest BCUT2D eigenvalue weighted by Crippen LogP contribution is -2.11. The number of hydrogen-bond acceptors (Lipinski definition) is 2. The van der Waals surface area contributed by atoms with E-state index in [1.54, 1.807) is 5.94 Å². The molecule has 19 heavy (non-hydrogen) atoms. The van der Waals surface area contributed by atoms with Gasteiger partial charge in [0.2, 0.25) is 0 Å². The largest absolute Gasteiger partial charge is 0.493 e. The zero-order valence-electron chi connectivity index (χ0n) is 12.0. The number of allylic oxidation sites excluding steroid dienone is 1. The Morgan fingerprint density at radius 3 is 2.58 bits per heavy atom. The van der Waals surface area contributed by atoms with Crippen LogP contribution in [0.15, 0.2) is 30.3 Å². The average Bonchev–Trinajstić information content (AvgIpc) is 2.46. The van der Waals surface area contributed by atoms with E-state index < -0.39 is 0 Å². The first kappa shape index (κ1) is 15.5. The van der Waals surface area contributed by atoms with Gasteiger partial charge < -0.3 is 4.74 Å². The first-order valence-electron chi connectivity index (χ1n) is 7.21. The van der Waals surface area contributed by atoms with Crippen molar-refractivity contribution in [2.75, 3.05) is 6.61 Å². The van der Waals surface area contributed by atoms with Gasteiger partial charge in [0.1, 0.15) is 11.7 Å². The van der Waals surface area contributed by atoms with Crippen molar-refractivity contribution in [1.82, 2.24) is 0 Å². The standard InChI is InChI=1S/C17H24O2/c1-3-5-7-15(4-2)14-19-17-11-9-16(10-12-17)8-6-13-18/h6,9-12,15H,3-5,7-8,14H2,1-2H3. The third-order valence-electron chi connectivity index (χ3n) is 3.37. The van der Waals surface area contributed by atoms with E-state index in [0.717, 1.165) is 17.9 Å². The predicted molar refractivity (Wildman–Crippen MR) is 79.2 cm³/mol. The molecular weight excluding hydrogens is 236 g/mol. The normalized spacial score (nSPS) is 11.7. The summed E-state index contributed by atoms with van der Waals surface area (Å²) in [5.41, 5.74) is 1.11. The van der Waals surface area contributed by atoms with Crippen molar-refractivity contribution in [3.63, 3.8) is 0 Å². The van der Waals surface area contributed by atoms with Gasteiger partial charge in [-0.3, -0.25) is 0 Å². The molecule has 0 aromatic heterocycles. The zero-order valence-corrected chi connectivity index (χ0v) is 12.0. The molecule has 104 valence electrons. The molecule has 0 aliphatic heterocycles. The quantitative estimate of drug-likeness (QED) is 0.622. The van der Waals surface area contributed by atoms with Crippen LogP contribution in [0.1, 0.15) is 45.1 Å². The predicted octanol–water partition coefficient (Wildman–Crippen LogP) is 4.21. The highest BCUT2D eigenvalue weighted by molar-refractivity contribution is 5.46. The molecule has 0 amide bonds. The average molecular weight is 260 g/mol. The maximum atomic E-state index is 10.1. The number of hydrogen-bond donors (Lipinski definition) is 0. The highest BCUT2D eigenvalue weighted by atomic mass is 16.5. The molecule has 0 aliphatic carbocycles. The summed E-state index contributed by atoms with van der Waals surface area (Å²) in [5, 5.41) is 0. The van der Waals surface area contributed by atoms with E-state index in [4.69, 9.17) is 4.74 Å². The molecule has 1 atom stereocenters. The first-order valence-corrected chi connectivity index (χ1v) is 7.21. The fourth-order valence-corrected chi connectivity index (χ4v) is 1.99. The summed E-state index contributed by atoms with van der Waals surface area (Å²) < 4.78 is 5.83. The Morgan fingerprint density at radius 2 is 2.00 bits per heavy atom. The van der Waals surface area contributed by atoms with Crippen LogP contribution in [-0.4, -0.2) is 12.5 Å². The molecule has 0 spiro atoms. The molecule has 0 aliphatic rings. The Balaban J connectivity index is 2.41. The zero-order chi connectivity index (χ0) is 13.9. The Hall–Kier alpha value is -1.53. The summed E-state index contributed by atoms with van der Waals surface area (Å²) in [5.74, 6) is 3.35. The lowest BCUT2D eigenvalue weighted by molar-refractivity contribution is 0.233. The fourth-order valence-electron chi connectivity index (χ4n) is 1.99. The monoisotopic (exact) mass is 260 g/mol. The van der Waals surface area contributed by atoms with E-state index in [0.29, 0.717) is 12.3 Å². The summed E-state index contributed by atoms with van der Waals surface area (Å²) in [6.07, 6.45) is 7.07. The highest BCUT2D eigenvalue weighted by Crippen LogP contribution is 2.17. The fraction of sp³-hybridized carbons (Fsp3) is 0.529. The molecule has 2 nitrogen and oxygen atoms in total. The van der Waals surface area contributed by atoms with Gasteiger partial charge in [-0.1, -0.05) is 45.2 Å². The van der Waals surface area contributed by atoms with Crippen LogP contribution in [0.25, 0.3) is 0 Å². The van der Waals surface area contributed by atoms with Crippen LogP contribution in [-0.2, 0) is 11.2 Å². The van der Waals surface area contributed by atoms with Gasteiger partial charge in [0.25, 0.3) is 0 Å². The van der Waals surface area contributed by atoms with Crippen LogP contribution in [0.3, 0.4) is 0 Å². The summed E-state index contributed by atoms with van der Waals surface area (Å²) in [6, 6.07) is 7.94. The first-order chi connectivity index (χ1) is 9.30. The van der Waals surface area contributed by atoms with Crippen molar-refractivity contribution in [2.24, 2.45) is 5.92 Å². The van der Waals surface area contributed by atoms with Crippen molar-refractivity contribution in [3.05, 3.63) is 35.9 Å². The number of ether oxygens (including phenoxy) is 1. The molecule has 0 N–H and O–H groups in total. The SMILES string of the molecule is CCCCC(CC)COc1ccc(CC=C=O)cc1. The number of benzene rings is 1. The molecule has 1 aromatic carbocycles. The molecular formula is C17H24O2. The maximum Gasteiger partial charge on any atom is 0.120 e. The number of unbranched alkanes of at least 4 members (excludes halogenated alkanes) is 1. The minimum absolute atomic E-state index is 0.637. The van der Waals surface area contributed by atoms with E-state index in [1.165, 1.54) is 31.8 Å². The van der Waals surface area contributed by atoms with E-state index in [-0.39, 0.29) is 0 Å². The highest BCUT2D eigenvalue weighted by Gasteiger charge is 2.06. The Bertz CT molecular complexity index is 388. The number of carbonyl (C=O) groups excluding carboxylic acids is 1. The Labute approximate surface area is 116 Å². The summed E-state index contributed by atoms with van der Waals surface area (Å²) in [4.78, 5) is 10.1. The minimum Gasteiger partial charge on any atom is -0.493 e. The van der Waals surface area contributed by atoms with Gasteiger partial charge in [0, 0.05) is 12.5 Å². The molecule has 0 bridgehead atoms. The summed E-state index contributed by atoms with van der Waals surface area (Å²) >= 11 is 0. The maximum absolute atomic E-state index is 10.1. The molecule has 0 radical (unpaired) electrons. The third-order valence-corrected chi connectivity index (χ3v) is 3.37. The van der Waals surface area contributed by atoms with Gasteiger partial charge in [-0.05, 0) is 30.0 Å². The molecule has 0 saturated heterocycles. The molecule has 1 aromatic rings. The van der Waals surface area contributed by atoms with Crippen molar-refractivity contribution in [3.8, 4) is 5.75 Å². The molecule has 1 unspecified atom stereocenters. The van der Waals surface area contributed by atoms with Crippen molar-refractivity contribution in [1.29, 1.82) is 0 Å². The smallest absolute Gasteiger partial charge is 0.120 e. The lowest BCUT2D eigenvalue weighted by atomic mass is 10.0. The lowest BCUT2D eigenvalue weighted by Gasteiger charge is -2.15. The van der Waals surface area contributed by atoms with E-state index in [9.17, 15) is 4.79 Å². The van der Waals surface area contributed by atoms with Gasteiger partial charge >= 0.3 is 0 Å². The Kier molecular flexibility index (Phi) is 7.69. The molecule has 1 rings (SSSR count). The van der Waals surface area contributed by atoms with Crippen molar-refractivity contribution < 1.29 is 9.53 Å². The van der Waals surface area contributed by atoms with Crippen LogP contribution in [0.2, 0.25) is 0 Å². The molecule has 0 fully saturated rings. The van der Waals surface area contributed by atoms with Crippen LogP contribution in [0, 0.1) is 5.92 Å². The van der Waals surface area contributed by atoms with Crippen LogP contribution < -0.4 is 4.74 Å². The molecule has 2 heteroatoms. The van der Waals surface area contributed by atoms with E-state index in [2.05, 4.69) is 13.8 Å². The molecule has 0 saturated carbocycles. The second-order valence-electron chi connectivity index (χ2n) is 4.90. The van der Waals surface area contributed by atoms with Crippen molar-refractivity contribution >= 4 is 5.94 Å². The summed E-state index contributed by atoms with van der Waals surface area (Å²) in [7, 11) is 0. The minimum atomic E-state index is 0.637. The third kappa shape index (κ3) is 6.26. The van der Waals surface area contributed by atoms with E-state index >= 15 is 0 Å². The Morgan fingerprint density at radius 1 is 1.26 bits per heavy atom. The van der Waals surface area contributed by atoms with Crippen molar-refractivity contribution in [2.45, 2.75) is 46.0 Å². The number of rotatable bonds is 9. The van der Waals surface area contributed by atoms with E-state index in [1.807, 2.05) is 24.3 Å². The van der Waals surface area contributed by atoms with Crippen LogP contribution in [0.5, 0.6) is 5.75 Å². The second kappa shape index (κ2) is 9.41. The molecule has 0 heterocycles. The topological polar surface area (TPSA) is 26.3 Å². The van der Waals surface area contributed by atoms with Gasteiger partial charge in [-0.25, -0.2) is 4.79 Å². The van der Waals surface area contributed by atoms with Gasteiger partial charge in [0.15, 0.2) is 0 Å². The summed E-state index contributed by atoms with van der Waals surface area (Å²) in [6.45, 7) is 5.24. The van der Waals surface area contributed by atoms with Crippen LogP contribution in [0.4, 0.5) is 0 Å². The van der Waals surface area contributed by atoms with Gasteiger partial charge in [-0.2, -0.15) is 0 Å². The van der Waals surface area contributed by atoms with Gasteiger partial charge in [0.05, 0.1) is 6.61 Å². The van der Waals surface area contributed by atoms with Gasteiger partial charge in [-0.15, -0.1) is 0 Å². The van der Waals surface area contributed by atoms with Crippen LogP contribution >= 0.6 is 0 Å².